The normalized spacial score (nSPS) is 32.6. The summed E-state index contributed by atoms with van der Waals surface area (Å²) < 4.78 is 90.8. The number of phosphoric ester groups is 1. The number of H-pyrrole nitrogens is 1. The van der Waals surface area contributed by atoms with Crippen LogP contribution in [0.1, 0.15) is 74.1 Å². The number of aliphatic hydroxyl groups excluding tert-OH is 2. The minimum atomic E-state index is -5.15. The maximum Gasteiger partial charge on any atom is 0.530 e. The van der Waals surface area contributed by atoms with Gasteiger partial charge in [0.1, 0.15) is 30.3 Å². The van der Waals surface area contributed by atoms with E-state index >= 15 is 8.78 Å². The SMILES string of the molecule is [2H]C([2H])(OP1(=O)OCc2c(F)c(C(C)(C)C)cc(C(C)(C)C)c2O1)[C@@]1(F)O[C@@]([2H])(n2cc(C)c(=O)[nH]c2=O)[C@H](O)[C@@H]1O. The molecule has 0 spiro atoms. The van der Waals surface area contributed by atoms with E-state index in [-0.39, 0.29) is 21.4 Å². The van der Waals surface area contributed by atoms with E-state index in [1.54, 1.807) is 41.5 Å². The fraction of sp³-hybridized carbons (Fsp3) is 0.600. The second-order valence-corrected chi connectivity index (χ2v) is 13.0. The predicted molar refractivity (Wildman–Crippen MR) is 135 cm³/mol. The Bertz CT molecular complexity index is 1600. The maximum atomic E-state index is 16.2. The summed E-state index contributed by atoms with van der Waals surface area (Å²) in [7, 11) is -5.15. The van der Waals surface area contributed by atoms with Crippen molar-refractivity contribution >= 4 is 7.82 Å². The number of alkyl halides is 1. The van der Waals surface area contributed by atoms with E-state index in [0.717, 1.165) is 6.20 Å². The minimum absolute atomic E-state index is 0.122. The van der Waals surface area contributed by atoms with Gasteiger partial charge in [0.25, 0.3) is 11.4 Å². The van der Waals surface area contributed by atoms with Crippen LogP contribution in [0, 0.1) is 12.7 Å². The fourth-order valence-electron chi connectivity index (χ4n) is 4.09. The Morgan fingerprint density at radius 3 is 2.46 bits per heavy atom. The molecular formula is C25H33F2N2O9P. The van der Waals surface area contributed by atoms with Crippen molar-refractivity contribution in [3.63, 3.8) is 0 Å². The summed E-state index contributed by atoms with van der Waals surface area (Å²) in [5, 5.41) is 21.1. The van der Waals surface area contributed by atoms with Crippen molar-refractivity contribution in [2.45, 2.75) is 90.2 Å². The lowest BCUT2D eigenvalue weighted by Crippen LogP contribution is -2.43. The zero-order chi connectivity index (χ0) is 32.0. The average Bonchev–Trinajstić information content (AvgIpc) is 3.00. The number of aromatic nitrogens is 2. The lowest BCUT2D eigenvalue weighted by atomic mass is 9.78. The van der Waals surface area contributed by atoms with Crippen molar-refractivity contribution in [3.05, 3.63) is 61.2 Å². The average molecular weight is 578 g/mol. The van der Waals surface area contributed by atoms with Gasteiger partial charge in [-0.2, -0.15) is 0 Å². The first-order valence-electron chi connectivity index (χ1n) is 13.5. The first-order valence-corrected chi connectivity index (χ1v) is 13.4. The van der Waals surface area contributed by atoms with Gasteiger partial charge < -0.3 is 19.5 Å². The van der Waals surface area contributed by atoms with E-state index in [9.17, 15) is 24.4 Å². The Kier molecular flexibility index (Phi) is 6.29. The number of aryl methyl sites for hydroxylation is 1. The minimum Gasteiger partial charge on any atom is -0.403 e. The van der Waals surface area contributed by atoms with Crippen LogP contribution < -0.4 is 15.8 Å². The van der Waals surface area contributed by atoms with E-state index in [4.69, 9.17) is 22.4 Å². The van der Waals surface area contributed by atoms with Crippen molar-refractivity contribution in [2.75, 3.05) is 6.56 Å². The summed E-state index contributed by atoms with van der Waals surface area (Å²) >= 11 is 0. The van der Waals surface area contributed by atoms with Gasteiger partial charge in [-0.15, -0.1) is 0 Å². The van der Waals surface area contributed by atoms with Gasteiger partial charge in [-0.25, -0.2) is 18.1 Å². The third-order valence-electron chi connectivity index (χ3n) is 6.33. The first kappa shape index (κ1) is 25.6. The summed E-state index contributed by atoms with van der Waals surface area (Å²) in [5.74, 6) is -5.12. The maximum absolute atomic E-state index is 16.2. The molecule has 39 heavy (non-hydrogen) atoms. The van der Waals surface area contributed by atoms with Gasteiger partial charge >= 0.3 is 13.5 Å². The quantitative estimate of drug-likeness (QED) is 0.466. The van der Waals surface area contributed by atoms with Gasteiger partial charge in [0.2, 0.25) is 0 Å². The van der Waals surface area contributed by atoms with Gasteiger partial charge in [-0.3, -0.25) is 23.4 Å². The highest BCUT2D eigenvalue weighted by atomic mass is 31.2. The Morgan fingerprint density at radius 1 is 1.26 bits per heavy atom. The number of ether oxygens (including phenoxy) is 1. The van der Waals surface area contributed by atoms with Crippen LogP contribution in [0.15, 0.2) is 21.9 Å². The Labute approximate surface area is 227 Å². The van der Waals surface area contributed by atoms with Crippen molar-refractivity contribution in [3.8, 4) is 5.75 Å². The summed E-state index contributed by atoms with van der Waals surface area (Å²) in [6.07, 6.45) is -8.01. The number of hydrogen-bond donors (Lipinski definition) is 3. The number of fused-ring (bicyclic) bond motifs is 1. The molecule has 4 rings (SSSR count). The third kappa shape index (κ3) is 5.36. The third-order valence-corrected chi connectivity index (χ3v) is 7.50. The lowest BCUT2D eigenvalue weighted by molar-refractivity contribution is -0.205. The van der Waals surface area contributed by atoms with Crippen LogP contribution >= 0.6 is 7.82 Å². The number of halogens is 2. The molecule has 2 aromatic rings. The first-order chi connectivity index (χ1) is 18.9. The molecule has 3 heterocycles. The van der Waals surface area contributed by atoms with E-state index in [0.29, 0.717) is 11.1 Å². The summed E-state index contributed by atoms with van der Waals surface area (Å²) in [6, 6.07) is 1.52. The van der Waals surface area contributed by atoms with Gasteiger partial charge in [-0.05, 0) is 29.4 Å². The molecule has 0 radical (unpaired) electrons. The fourth-order valence-corrected chi connectivity index (χ4v) is 5.19. The van der Waals surface area contributed by atoms with Gasteiger partial charge in [0, 0.05) is 17.3 Å². The van der Waals surface area contributed by atoms with Crippen molar-refractivity contribution in [2.24, 2.45) is 0 Å². The molecule has 0 amide bonds. The molecule has 1 fully saturated rings. The predicted octanol–water partition coefficient (Wildman–Crippen LogP) is 3.23. The van der Waals surface area contributed by atoms with Crippen LogP contribution in [0.3, 0.4) is 0 Å². The van der Waals surface area contributed by atoms with E-state index in [1.807, 2.05) is 4.98 Å². The molecule has 11 nitrogen and oxygen atoms in total. The number of hydrogen-bond acceptors (Lipinski definition) is 9. The number of aromatic amines is 1. The van der Waals surface area contributed by atoms with E-state index in [2.05, 4.69) is 0 Å². The van der Waals surface area contributed by atoms with Crippen LogP contribution in [-0.2, 0) is 35.8 Å². The molecule has 0 saturated carbocycles. The molecule has 1 unspecified atom stereocenters. The van der Waals surface area contributed by atoms with Crippen molar-refractivity contribution in [1.29, 1.82) is 0 Å². The number of aliphatic hydroxyl groups is 2. The highest BCUT2D eigenvalue weighted by Crippen LogP contribution is 2.58. The zero-order valence-corrected chi connectivity index (χ0v) is 23.3. The number of phosphoric acid groups is 1. The molecule has 3 N–H and O–H groups in total. The Morgan fingerprint density at radius 2 is 1.87 bits per heavy atom. The van der Waals surface area contributed by atoms with Gasteiger partial charge in [0.15, 0.2) is 6.20 Å². The van der Waals surface area contributed by atoms with E-state index in [1.165, 1.54) is 13.0 Å². The molecule has 1 saturated heterocycles. The largest absolute Gasteiger partial charge is 0.530 e. The highest BCUT2D eigenvalue weighted by molar-refractivity contribution is 7.49. The number of nitrogens with zero attached hydrogens (tertiary/aromatic N) is 1. The molecular weight excluding hydrogens is 541 g/mol. The smallest absolute Gasteiger partial charge is 0.403 e. The Hall–Kier alpha value is -2.41. The van der Waals surface area contributed by atoms with Crippen LogP contribution in [0.4, 0.5) is 8.78 Å². The second kappa shape index (κ2) is 9.60. The number of nitrogens with one attached hydrogen (secondary N) is 1. The van der Waals surface area contributed by atoms with Crippen LogP contribution in [0.5, 0.6) is 5.75 Å². The van der Waals surface area contributed by atoms with Gasteiger partial charge in [0.05, 0.1) is 16.3 Å². The highest BCUT2D eigenvalue weighted by Gasteiger charge is 2.58. The van der Waals surface area contributed by atoms with Crippen LogP contribution in [-0.4, -0.2) is 44.4 Å². The molecule has 0 bridgehead atoms. The molecule has 14 heteroatoms. The number of rotatable bonds is 4. The molecule has 1 aromatic heterocycles. The van der Waals surface area contributed by atoms with Crippen LogP contribution in [0.25, 0.3) is 0 Å². The van der Waals surface area contributed by atoms with Crippen molar-refractivity contribution in [1.82, 2.24) is 9.55 Å². The summed E-state index contributed by atoms with van der Waals surface area (Å²) in [4.78, 5) is 25.9. The molecule has 1 aromatic carbocycles. The van der Waals surface area contributed by atoms with Crippen molar-refractivity contribution < 1.29 is 46.0 Å². The van der Waals surface area contributed by atoms with Crippen LogP contribution in [0.2, 0.25) is 0 Å². The summed E-state index contributed by atoms with van der Waals surface area (Å²) in [6.45, 7) is 7.19. The zero-order valence-electron chi connectivity index (χ0n) is 25.4. The summed E-state index contributed by atoms with van der Waals surface area (Å²) in [5.41, 5.74) is -3.17. The number of benzene rings is 1. The second-order valence-electron chi connectivity index (χ2n) is 11.5. The molecule has 2 aliphatic rings. The topological polar surface area (TPSA) is 149 Å². The Balaban J connectivity index is 1.74. The molecule has 2 aliphatic heterocycles. The standard InChI is InChI=1S/C25H33F2N2O9P/c1-12-9-29(22(33)28-20(12)32)21-17(30)19(31)25(27,37-21)11-36-39(34)35-10-13-16(26)14(23(2,3)4)8-15(18(13)38-39)24(5,6)7/h8-9,17,19,21,30-31H,10-11H2,1-7H3,(H,28,32,33)/t17-,19+,21-,25-,39?/m1/s1/i11D2,21D. The monoisotopic (exact) mass is 577 g/mol. The molecule has 0 aliphatic carbocycles. The molecule has 5 atom stereocenters. The lowest BCUT2D eigenvalue weighted by Gasteiger charge is -2.34. The molecule has 216 valence electrons. The van der Waals surface area contributed by atoms with E-state index < -0.39 is 73.2 Å². The van der Waals surface area contributed by atoms with Gasteiger partial charge in [-0.1, -0.05) is 41.5 Å².